The van der Waals surface area contributed by atoms with Gasteiger partial charge in [-0.3, -0.25) is 0 Å². The molecule has 1 aromatic carbocycles. The molecule has 1 fully saturated rings. The molecular weight excluding hydrogens is 471 g/mol. The van der Waals surface area contributed by atoms with Crippen molar-refractivity contribution in [3.63, 3.8) is 0 Å². The lowest BCUT2D eigenvalue weighted by Crippen LogP contribution is -2.36. The van der Waals surface area contributed by atoms with Gasteiger partial charge in [-0.1, -0.05) is 12.1 Å². The van der Waals surface area contributed by atoms with Gasteiger partial charge < -0.3 is 19.9 Å². The third-order valence-electron chi connectivity index (χ3n) is 6.14. The van der Waals surface area contributed by atoms with Crippen molar-refractivity contribution in [3.05, 3.63) is 65.6 Å². The van der Waals surface area contributed by atoms with Crippen LogP contribution in [0.25, 0.3) is 22.3 Å². The maximum atomic E-state index is 13.3. The fourth-order valence-corrected chi connectivity index (χ4v) is 4.17. The van der Waals surface area contributed by atoms with E-state index in [9.17, 15) is 18.4 Å². The van der Waals surface area contributed by atoms with Gasteiger partial charge in [0.25, 0.3) is 0 Å². The Kier molecular flexibility index (Phi) is 6.20. The molecule has 11 heteroatoms. The topological polar surface area (TPSA) is 103 Å². The molecule has 0 spiro atoms. The van der Waals surface area contributed by atoms with Crippen LogP contribution in [0.4, 0.5) is 24.8 Å². The number of fused-ring (bicyclic) bond motifs is 1. The number of benzene rings is 1. The van der Waals surface area contributed by atoms with Gasteiger partial charge in [0.2, 0.25) is 5.95 Å². The number of nitrogens with one attached hydrogen (secondary N) is 2. The smallest absolute Gasteiger partial charge is 0.378 e. The third-order valence-corrected chi connectivity index (χ3v) is 6.14. The quantitative estimate of drug-likeness (QED) is 0.407. The molecule has 8 nitrogen and oxygen atoms in total. The molecule has 36 heavy (non-hydrogen) atoms. The van der Waals surface area contributed by atoms with Gasteiger partial charge in [0.1, 0.15) is 11.7 Å². The molecule has 4 heterocycles. The summed E-state index contributed by atoms with van der Waals surface area (Å²) in [6.07, 6.45) is -0.914. The van der Waals surface area contributed by atoms with E-state index in [1.165, 1.54) is 12.4 Å². The van der Waals surface area contributed by atoms with Crippen molar-refractivity contribution in [3.8, 4) is 17.3 Å². The molecule has 184 valence electrons. The number of morpholine rings is 1. The first kappa shape index (κ1) is 23.6. The first-order valence-electron chi connectivity index (χ1n) is 11.3. The molecule has 4 aromatic rings. The Morgan fingerprint density at radius 3 is 2.58 bits per heavy atom. The van der Waals surface area contributed by atoms with Gasteiger partial charge in [-0.15, -0.1) is 0 Å². The Morgan fingerprint density at radius 1 is 1.14 bits per heavy atom. The number of halogens is 3. The number of nitrogens with zero attached hydrogens (tertiary/aromatic N) is 5. The van der Waals surface area contributed by atoms with Crippen LogP contribution in [0.2, 0.25) is 0 Å². The highest BCUT2D eigenvalue weighted by Gasteiger charge is 2.31. The molecule has 1 atom stereocenters. The number of rotatable bonds is 5. The summed E-state index contributed by atoms with van der Waals surface area (Å²) in [6.45, 7) is 5.08. The summed E-state index contributed by atoms with van der Waals surface area (Å²) in [5, 5.41) is 13.0. The summed E-state index contributed by atoms with van der Waals surface area (Å²) in [6, 6.07) is 11.0. The van der Waals surface area contributed by atoms with Crippen LogP contribution >= 0.6 is 0 Å². The fourth-order valence-electron chi connectivity index (χ4n) is 4.17. The first-order chi connectivity index (χ1) is 17.3. The Bertz CT molecular complexity index is 1420. The first-order valence-corrected chi connectivity index (χ1v) is 11.3. The number of nitriles is 1. The van der Waals surface area contributed by atoms with Gasteiger partial charge in [-0.25, -0.2) is 15.0 Å². The van der Waals surface area contributed by atoms with Crippen LogP contribution < -0.4 is 10.2 Å². The van der Waals surface area contributed by atoms with Gasteiger partial charge in [-0.05, 0) is 30.7 Å². The number of pyridine rings is 1. The zero-order chi connectivity index (χ0) is 25.3. The molecule has 0 aliphatic carbocycles. The fraction of sp³-hybridized carbons (Fsp3) is 0.280. The van der Waals surface area contributed by atoms with Crippen LogP contribution in [0, 0.1) is 11.3 Å². The van der Waals surface area contributed by atoms with Gasteiger partial charge in [0, 0.05) is 42.1 Å². The van der Waals surface area contributed by atoms with E-state index in [4.69, 9.17) is 4.74 Å². The number of ether oxygens (including phenoxy) is 1. The summed E-state index contributed by atoms with van der Waals surface area (Å²) >= 11 is 0. The third kappa shape index (κ3) is 4.67. The summed E-state index contributed by atoms with van der Waals surface area (Å²) in [5.74, 6) is 0.253. The van der Waals surface area contributed by atoms with Crippen molar-refractivity contribution in [2.75, 3.05) is 36.5 Å². The maximum absolute atomic E-state index is 13.3. The molecule has 3 aromatic heterocycles. The van der Waals surface area contributed by atoms with E-state index in [2.05, 4.69) is 42.3 Å². The molecule has 1 aliphatic rings. The van der Waals surface area contributed by atoms with Crippen LogP contribution in [-0.4, -0.2) is 46.2 Å². The van der Waals surface area contributed by atoms with E-state index in [-0.39, 0.29) is 34.3 Å². The van der Waals surface area contributed by atoms with Gasteiger partial charge in [0.05, 0.1) is 42.3 Å². The van der Waals surface area contributed by atoms with Crippen molar-refractivity contribution in [2.24, 2.45) is 0 Å². The zero-order valence-electron chi connectivity index (χ0n) is 19.3. The minimum Gasteiger partial charge on any atom is -0.378 e. The Labute approximate surface area is 204 Å². The minimum atomic E-state index is -4.54. The van der Waals surface area contributed by atoms with E-state index in [0.29, 0.717) is 18.8 Å². The second-order valence-corrected chi connectivity index (χ2v) is 8.44. The number of alkyl halides is 3. The highest BCUT2D eigenvalue weighted by atomic mass is 19.4. The molecule has 1 unspecified atom stereocenters. The summed E-state index contributed by atoms with van der Waals surface area (Å²) < 4.78 is 45.2. The summed E-state index contributed by atoms with van der Waals surface area (Å²) in [4.78, 5) is 17.7. The van der Waals surface area contributed by atoms with Crippen molar-refractivity contribution in [1.82, 2.24) is 19.9 Å². The monoisotopic (exact) mass is 493 g/mol. The largest absolute Gasteiger partial charge is 0.417 e. The number of hydrogen-bond acceptors (Lipinski definition) is 7. The van der Waals surface area contributed by atoms with Crippen LogP contribution in [0.5, 0.6) is 0 Å². The normalized spacial score (nSPS) is 15.0. The number of aromatic amines is 1. The minimum absolute atomic E-state index is 0.140. The highest BCUT2D eigenvalue weighted by Crippen LogP contribution is 2.35. The lowest BCUT2D eigenvalue weighted by molar-refractivity contribution is -0.137. The highest BCUT2D eigenvalue weighted by molar-refractivity contribution is 5.94. The van der Waals surface area contributed by atoms with E-state index in [1.54, 1.807) is 0 Å². The maximum Gasteiger partial charge on any atom is 0.417 e. The Morgan fingerprint density at radius 2 is 1.89 bits per heavy atom. The van der Waals surface area contributed by atoms with E-state index in [1.807, 2.05) is 25.1 Å². The SMILES string of the molecule is CC(Nc1ncc(C#N)c(-c2c[nH]c3ncc(C(F)(F)F)cc23)n1)c1ccc(N2CCOCC2)cc1. The molecule has 2 N–H and O–H groups in total. The standard InChI is InChI=1S/C25H22F3N7O/c1-15(16-2-4-19(5-3-16)35-6-8-36-9-7-35)33-24-32-12-17(11-29)22(34-24)21-14-31-23-20(21)10-18(13-30-23)25(26,27)28/h2-5,10,12-15H,6-9H2,1H3,(H,30,31)(H,32,33,34). The van der Waals surface area contributed by atoms with Crippen molar-refractivity contribution in [1.29, 1.82) is 5.26 Å². The molecule has 0 amide bonds. The second-order valence-electron chi connectivity index (χ2n) is 8.44. The van der Waals surface area contributed by atoms with Crippen LogP contribution in [0.1, 0.15) is 29.7 Å². The van der Waals surface area contributed by atoms with Crippen LogP contribution in [0.15, 0.2) is 48.9 Å². The zero-order valence-corrected chi connectivity index (χ0v) is 19.3. The van der Waals surface area contributed by atoms with Crippen molar-refractivity contribution >= 4 is 22.7 Å². The molecule has 0 bridgehead atoms. The average molecular weight is 493 g/mol. The van der Waals surface area contributed by atoms with E-state index < -0.39 is 11.7 Å². The second kappa shape index (κ2) is 9.47. The Hall–Kier alpha value is -4.17. The molecule has 0 saturated carbocycles. The van der Waals surface area contributed by atoms with Gasteiger partial charge >= 0.3 is 6.18 Å². The number of hydrogen-bond donors (Lipinski definition) is 2. The molecule has 5 rings (SSSR count). The van der Waals surface area contributed by atoms with Crippen molar-refractivity contribution < 1.29 is 17.9 Å². The summed E-state index contributed by atoms with van der Waals surface area (Å²) in [5.41, 5.74) is 2.22. The average Bonchev–Trinajstić information content (AvgIpc) is 3.32. The predicted molar refractivity (Wildman–Crippen MR) is 128 cm³/mol. The van der Waals surface area contributed by atoms with Crippen LogP contribution in [0.3, 0.4) is 0 Å². The molecule has 0 radical (unpaired) electrons. The molecule has 1 saturated heterocycles. The predicted octanol–water partition coefficient (Wildman–Crippen LogP) is 4.92. The summed E-state index contributed by atoms with van der Waals surface area (Å²) in [7, 11) is 0. The van der Waals surface area contributed by atoms with E-state index >= 15 is 0 Å². The van der Waals surface area contributed by atoms with Gasteiger partial charge in [-0.2, -0.15) is 18.4 Å². The number of aromatic nitrogens is 4. The van der Waals surface area contributed by atoms with Gasteiger partial charge in [0.15, 0.2) is 0 Å². The van der Waals surface area contributed by atoms with Crippen LogP contribution in [-0.2, 0) is 10.9 Å². The molecule has 1 aliphatic heterocycles. The van der Waals surface area contributed by atoms with Crippen molar-refractivity contribution in [2.45, 2.75) is 19.1 Å². The Balaban J connectivity index is 1.42. The number of H-pyrrole nitrogens is 1. The van der Waals surface area contributed by atoms with E-state index in [0.717, 1.165) is 36.6 Å². The lowest BCUT2D eigenvalue weighted by atomic mass is 10.1. The lowest BCUT2D eigenvalue weighted by Gasteiger charge is -2.29. The molecular formula is C25H22F3N7O. The number of anilines is 2.